The Kier molecular flexibility index (Phi) is 5.77. The highest BCUT2D eigenvalue weighted by Gasteiger charge is 2.36. The van der Waals surface area contributed by atoms with Gasteiger partial charge in [0.25, 0.3) is 5.91 Å². The number of allylic oxidation sites excluding steroid dienone is 1. The number of carbonyl (C=O) groups excluding carboxylic acids is 1. The Hall–Kier alpha value is -3.02. The van der Waals surface area contributed by atoms with Crippen molar-refractivity contribution in [1.82, 2.24) is 14.8 Å². The molecule has 0 saturated heterocycles. The largest absolute Gasteiger partial charge is 0.296 e. The highest BCUT2D eigenvalue weighted by atomic mass is 35.5. The zero-order chi connectivity index (χ0) is 23.0. The van der Waals surface area contributed by atoms with Gasteiger partial charge in [-0.15, -0.1) is 16.4 Å². The summed E-state index contributed by atoms with van der Waals surface area (Å²) in [5.41, 5.74) is 2.18. The molecule has 2 N–H and O–H groups in total. The quantitative estimate of drug-likeness (QED) is 0.508. The van der Waals surface area contributed by atoms with E-state index in [2.05, 4.69) is 25.1 Å². The predicted molar refractivity (Wildman–Crippen MR) is 129 cm³/mol. The number of rotatable bonds is 7. The molecule has 33 heavy (non-hydrogen) atoms. The third kappa shape index (κ3) is 4.85. The Labute approximate surface area is 199 Å². The zero-order valence-corrected chi connectivity index (χ0v) is 19.6. The van der Waals surface area contributed by atoms with Crippen LogP contribution in [0.2, 0.25) is 5.02 Å². The summed E-state index contributed by atoms with van der Waals surface area (Å²) in [6.07, 6.45) is 6.09. The first-order valence-electron chi connectivity index (χ1n) is 10.2. The summed E-state index contributed by atoms with van der Waals surface area (Å²) < 4.78 is 28.6. The van der Waals surface area contributed by atoms with E-state index < -0.39 is 21.2 Å². The van der Waals surface area contributed by atoms with Crippen molar-refractivity contribution < 1.29 is 13.2 Å². The molecule has 0 radical (unpaired) electrons. The average molecular weight is 503 g/mol. The minimum Gasteiger partial charge on any atom is -0.296 e. The maximum absolute atomic E-state index is 13.1. The van der Waals surface area contributed by atoms with Gasteiger partial charge in [-0.2, -0.15) is 0 Å². The zero-order valence-electron chi connectivity index (χ0n) is 17.2. The summed E-state index contributed by atoms with van der Waals surface area (Å²) in [5, 5.41) is 9.45. The SMILES string of the molecule is O=C(Nc1nc(C2=NCCC=C2)cs1)c1cc(NS(=O)(=O)C2CC2)nn1-c1ccc(Cl)cc1. The number of benzene rings is 1. The van der Waals surface area contributed by atoms with Crippen molar-refractivity contribution in [1.29, 1.82) is 0 Å². The highest BCUT2D eigenvalue weighted by Crippen LogP contribution is 2.30. The minimum absolute atomic E-state index is 0.0727. The molecular weight excluding hydrogens is 484 g/mol. The predicted octanol–water partition coefficient (Wildman–Crippen LogP) is 3.89. The van der Waals surface area contributed by atoms with Gasteiger partial charge in [0.05, 0.1) is 16.6 Å². The number of carbonyl (C=O) groups is 1. The van der Waals surface area contributed by atoms with Gasteiger partial charge in [-0.3, -0.25) is 19.8 Å². The van der Waals surface area contributed by atoms with Crippen LogP contribution in [0.5, 0.6) is 0 Å². The van der Waals surface area contributed by atoms with E-state index in [4.69, 9.17) is 11.6 Å². The third-order valence-electron chi connectivity index (χ3n) is 5.06. The lowest BCUT2D eigenvalue weighted by atomic mass is 10.2. The van der Waals surface area contributed by atoms with Gasteiger partial charge in [0, 0.05) is 23.0 Å². The number of halogens is 1. The second-order valence-corrected chi connectivity index (χ2v) is 10.9. The number of amides is 1. The van der Waals surface area contributed by atoms with Crippen molar-refractivity contribution in [3.05, 3.63) is 64.3 Å². The summed E-state index contributed by atoms with van der Waals surface area (Å²) >= 11 is 7.27. The van der Waals surface area contributed by atoms with Crippen molar-refractivity contribution >= 4 is 55.5 Å². The Morgan fingerprint density at radius 3 is 2.70 bits per heavy atom. The van der Waals surface area contributed by atoms with E-state index in [9.17, 15) is 13.2 Å². The second kappa shape index (κ2) is 8.73. The first-order valence-corrected chi connectivity index (χ1v) is 13.1. The van der Waals surface area contributed by atoms with Crippen LogP contribution in [0.1, 0.15) is 35.4 Å². The molecule has 2 aromatic heterocycles. The molecule has 0 unspecified atom stereocenters. The number of sulfonamides is 1. The number of thiazole rings is 1. The first-order chi connectivity index (χ1) is 15.9. The molecule has 5 rings (SSSR count). The van der Waals surface area contributed by atoms with Crippen LogP contribution >= 0.6 is 22.9 Å². The number of aliphatic imine (C=N–C) groups is 1. The average Bonchev–Trinajstić information content (AvgIpc) is 3.45. The Morgan fingerprint density at radius 2 is 2.00 bits per heavy atom. The van der Waals surface area contributed by atoms with E-state index in [-0.39, 0.29) is 11.5 Å². The lowest BCUT2D eigenvalue weighted by molar-refractivity contribution is 0.101. The normalized spacial score (nSPS) is 15.8. The minimum atomic E-state index is -3.53. The summed E-state index contributed by atoms with van der Waals surface area (Å²) in [6.45, 7) is 0.713. The van der Waals surface area contributed by atoms with Gasteiger partial charge in [-0.25, -0.2) is 18.1 Å². The van der Waals surface area contributed by atoms with Crippen molar-refractivity contribution in [2.45, 2.75) is 24.5 Å². The molecule has 2 aliphatic rings. The summed E-state index contributed by atoms with van der Waals surface area (Å²) in [6, 6.07) is 8.13. The highest BCUT2D eigenvalue weighted by molar-refractivity contribution is 7.93. The van der Waals surface area contributed by atoms with E-state index in [1.54, 1.807) is 24.3 Å². The maximum Gasteiger partial charge on any atom is 0.276 e. The Morgan fingerprint density at radius 1 is 1.21 bits per heavy atom. The monoisotopic (exact) mass is 502 g/mol. The van der Waals surface area contributed by atoms with Crippen LogP contribution < -0.4 is 10.0 Å². The van der Waals surface area contributed by atoms with Crippen molar-refractivity contribution in [3.63, 3.8) is 0 Å². The number of nitrogens with zero attached hydrogens (tertiary/aromatic N) is 4. The van der Waals surface area contributed by atoms with Crippen molar-refractivity contribution in [2.24, 2.45) is 4.99 Å². The molecule has 1 saturated carbocycles. The Balaban J connectivity index is 1.43. The number of aromatic nitrogens is 3. The smallest absolute Gasteiger partial charge is 0.276 e. The fraction of sp³-hybridized carbons (Fsp3) is 0.238. The summed E-state index contributed by atoms with van der Waals surface area (Å²) in [4.78, 5) is 22.0. The van der Waals surface area contributed by atoms with Gasteiger partial charge in [-0.05, 0) is 49.6 Å². The van der Waals surface area contributed by atoms with Crippen molar-refractivity contribution in [2.75, 3.05) is 16.6 Å². The van der Waals surface area contributed by atoms with Crippen LogP contribution in [0.25, 0.3) is 5.69 Å². The van der Waals surface area contributed by atoms with Crippen LogP contribution in [0.4, 0.5) is 10.9 Å². The number of dihydropyridines is 1. The standard InChI is InChI=1S/C21H19ClN6O3S2/c22-13-4-6-14(7-5-13)28-18(11-19(26-28)27-33(30,31)15-8-9-15)20(29)25-21-24-17(12-32-21)16-3-1-2-10-23-16/h1,3-7,11-12,15H,2,8-10H2,(H,26,27)(H,24,25,29). The molecule has 12 heteroatoms. The summed E-state index contributed by atoms with van der Waals surface area (Å²) in [5.74, 6) is -0.403. The van der Waals surface area contributed by atoms with Crippen LogP contribution in [-0.4, -0.2) is 46.6 Å². The first kappa shape index (κ1) is 21.8. The molecule has 1 fully saturated rings. The molecule has 170 valence electrons. The fourth-order valence-corrected chi connectivity index (χ4v) is 5.40. The topological polar surface area (TPSA) is 118 Å². The van der Waals surface area contributed by atoms with Gasteiger partial charge in [0.15, 0.2) is 10.9 Å². The van der Waals surface area contributed by atoms with Gasteiger partial charge in [-0.1, -0.05) is 17.7 Å². The molecular formula is C21H19ClN6O3S2. The third-order valence-corrected chi connectivity index (χ3v) is 7.92. The number of anilines is 2. The van der Waals surface area contributed by atoms with E-state index >= 15 is 0 Å². The summed E-state index contributed by atoms with van der Waals surface area (Å²) in [7, 11) is -3.53. The van der Waals surface area contributed by atoms with E-state index in [1.807, 2.05) is 17.5 Å². The molecule has 1 aliphatic heterocycles. The van der Waals surface area contributed by atoms with Crippen LogP contribution in [0.15, 0.2) is 52.9 Å². The lowest BCUT2D eigenvalue weighted by Crippen LogP contribution is -2.17. The second-order valence-electron chi connectivity index (χ2n) is 7.60. The van der Waals surface area contributed by atoms with E-state index in [0.717, 1.165) is 12.1 Å². The van der Waals surface area contributed by atoms with Crippen LogP contribution in [0.3, 0.4) is 0 Å². The lowest BCUT2D eigenvalue weighted by Gasteiger charge is -2.07. The number of nitrogens with one attached hydrogen (secondary N) is 2. The molecule has 3 aromatic rings. The molecule has 0 atom stereocenters. The number of hydrogen-bond donors (Lipinski definition) is 2. The van der Waals surface area contributed by atoms with Crippen LogP contribution in [-0.2, 0) is 10.0 Å². The van der Waals surface area contributed by atoms with Crippen molar-refractivity contribution in [3.8, 4) is 5.69 Å². The van der Waals surface area contributed by atoms with E-state index in [1.165, 1.54) is 22.1 Å². The van der Waals surface area contributed by atoms with E-state index in [0.29, 0.717) is 40.9 Å². The number of hydrogen-bond acceptors (Lipinski definition) is 7. The van der Waals surface area contributed by atoms with Gasteiger partial charge in [0.2, 0.25) is 10.0 Å². The fourth-order valence-electron chi connectivity index (χ4n) is 3.26. The molecule has 1 aliphatic carbocycles. The molecule has 0 spiro atoms. The molecule has 3 heterocycles. The molecule has 1 amide bonds. The van der Waals surface area contributed by atoms with Gasteiger partial charge < -0.3 is 0 Å². The molecule has 1 aromatic carbocycles. The van der Waals surface area contributed by atoms with Gasteiger partial charge >= 0.3 is 0 Å². The molecule has 0 bridgehead atoms. The van der Waals surface area contributed by atoms with Gasteiger partial charge in [0.1, 0.15) is 11.4 Å². The Bertz CT molecular complexity index is 1370. The molecule has 9 nitrogen and oxygen atoms in total. The van der Waals surface area contributed by atoms with Crippen LogP contribution in [0, 0.1) is 0 Å². The maximum atomic E-state index is 13.1.